The quantitative estimate of drug-likeness (QED) is 0.661. The second-order valence-electron chi connectivity index (χ2n) is 4.45. The molecule has 1 aliphatic heterocycles. The molecule has 0 fully saturated rings. The van der Waals surface area contributed by atoms with Crippen LogP contribution in [0.25, 0.3) is 0 Å². The third kappa shape index (κ3) is 5.28. The molecule has 0 saturated heterocycles. The molecule has 0 saturated carbocycles. The molecule has 1 unspecified atom stereocenters. The van der Waals surface area contributed by atoms with Crippen LogP contribution in [0.4, 0.5) is 0 Å². The van der Waals surface area contributed by atoms with Crippen molar-refractivity contribution in [2.45, 2.75) is 45.6 Å². The van der Waals surface area contributed by atoms with Crippen LogP contribution in [0.2, 0.25) is 0 Å². The molecule has 1 heterocycles. The summed E-state index contributed by atoms with van der Waals surface area (Å²) in [7, 11) is 0. The van der Waals surface area contributed by atoms with E-state index in [9.17, 15) is 0 Å². The van der Waals surface area contributed by atoms with Crippen LogP contribution in [0.15, 0.2) is 12.3 Å². The SMILES string of the molecule is CC(C)CCCNCC1CCC=CO1. The lowest BCUT2D eigenvalue weighted by molar-refractivity contribution is 0.122. The Labute approximate surface area is 87.7 Å². The van der Waals surface area contributed by atoms with Crippen LogP contribution < -0.4 is 5.32 Å². The monoisotopic (exact) mass is 197 g/mol. The zero-order valence-electron chi connectivity index (χ0n) is 9.46. The molecule has 0 spiro atoms. The third-order valence-corrected chi connectivity index (χ3v) is 2.53. The van der Waals surface area contributed by atoms with E-state index < -0.39 is 0 Å². The topological polar surface area (TPSA) is 21.3 Å². The summed E-state index contributed by atoms with van der Waals surface area (Å²) < 4.78 is 5.46. The van der Waals surface area contributed by atoms with E-state index in [0.717, 1.165) is 25.4 Å². The molecule has 0 amide bonds. The smallest absolute Gasteiger partial charge is 0.110 e. The fraction of sp³-hybridized carbons (Fsp3) is 0.833. The van der Waals surface area contributed by atoms with Gasteiger partial charge in [-0.15, -0.1) is 0 Å². The number of ether oxygens (including phenoxy) is 1. The van der Waals surface area contributed by atoms with E-state index in [0.29, 0.717) is 6.10 Å². The van der Waals surface area contributed by atoms with Gasteiger partial charge in [0.25, 0.3) is 0 Å². The number of allylic oxidation sites excluding steroid dienone is 1. The van der Waals surface area contributed by atoms with Crippen molar-refractivity contribution in [2.75, 3.05) is 13.1 Å². The Morgan fingerprint density at radius 1 is 1.50 bits per heavy atom. The normalized spacial score (nSPS) is 21.2. The molecule has 0 aromatic heterocycles. The Hall–Kier alpha value is -0.500. The van der Waals surface area contributed by atoms with Crippen molar-refractivity contribution in [3.05, 3.63) is 12.3 Å². The van der Waals surface area contributed by atoms with Gasteiger partial charge in [0.1, 0.15) is 6.10 Å². The molecule has 0 aromatic rings. The maximum absolute atomic E-state index is 5.46. The number of rotatable bonds is 6. The lowest BCUT2D eigenvalue weighted by Crippen LogP contribution is -2.29. The Morgan fingerprint density at radius 2 is 2.36 bits per heavy atom. The van der Waals surface area contributed by atoms with Crippen molar-refractivity contribution in [1.29, 1.82) is 0 Å². The molecule has 2 heteroatoms. The highest BCUT2D eigenvalue weighted by Gasteiger charge is 2.09. The van der Waals surface area contributed by atoms with Gasteiger partial charge in [-0.1, -0.05) is 13.8 Å². The summed E-state index contributed by atoms with van der Waals surface area (Å²) in [6.07, 6.45) is 9.25. The average molecular weight is 197 g/mol. The van der Waals surface area contributed by atoms with E-state index in [-0.39, 0.29) is 0 Å². The zero-order valence-corrected chi connectivity index (χ0v) is 9.46. The minimum Gasteiger partial charge on any atom is -0.497 e. The average Bonchev–Trinajstić information content (AvgIpc) is 2.18. The van der Waals surface area contributed by atoms with E-state index in [1.807, 2.05) is 6.26 Å². The molecule has 82 valence electrons. The van der Waals surface area contributed by atoms with Crippen LogP contribution in [0.3, 0.4) is 0 Å². The predicted octanol–water partition coefficient (Wildman–Crippen LogP) is 2.70. The zero-order chi connectivity index (χ0) is 10.2. The summed E-state index contributed by atoms with van der Waals surface area (Å²) in [4.78, 5) is 0. The summed E-state index contributed by atoms with van der Waals surface area (Å²) >= 11 is 0. The number of hydrogen-bond acceptors (Lipinski definition) is 2. The summed E-state index contributed by atoms with van der Waals surface area (Å²) in [6, 6.07) is 0. The first-order chi connectivity index (χ1) is 6.79. The molecule has 1 atom stereocenters. The number of nitrogens with one attached hydrogen (secondary N) is 1. The second-order valence-corrected chi connectivity index (χ2v) is 4.45. The lowest BCUT2D eigenvalue weighted by Gasteiger charge is -2.19. The molecule has 1 aliphatic rings. The van der Waals surface area contributed by atoms with E-state index in [2.05, 4.69) is 25.2 Å². The predicted molar refractivity (Wildman–Crippen MR) is 60.2 cm³/mol. The second kappa shape index (κ2) is 6.88. The van der Waals surface area contributed by atoms with Gasteiger partial charge in [-0.3, -0.25) is 0 Å². The minimum atomic E-state index is 0.402. The molecular formula is C12H23NO. The van der Waals surface area contributed by atoms with E-state index in [1.54, 1.807) is 0 Å². The molecular weight excluding hydrogens is 174 g/mol. The van der Waals surface area contributed by atoms with Crippen LogP contribution in [-0.2, 0) is 4.74 Å². The van der Waals surface area contributed by atoms with Crippen molar-refractivity contribution in [3.8, 4) is 0 Å². The van der Waals surface area contributed by atoms with Crippen LogP contribution in [0.1, 0.15) is 39.5 Å². The third-order valence-electron chi connectivity index (χ3n) is 2.53. The van der Waals surface area contributed by atoms with Crippen LogP contribution >= 0.6 is 0 Å². The van der Waals surface area contributed by atoms with Gasteiger partial charge in [-0.2, -0.15) is 0 Å². The first-order valence-corrected chi connectivity index (χ1v) is 5.80. The Kier molecular flexibility index (Phi) is 5.69. The molecule has 1 N–H and O–H groups in total. The molecule has 14 heavy (non-hydrogen) atoms. The maximum atomic E-state index is 5.46. The first kappa shape index (κ1) is 11.6. The first-order valence-electron chi connectivity index (χ1n) is 5.80. The Morgan fingerprint density at radius 3 is 3.00 bits per heavy atom. The summed E-state index contributed by atoms with van der Waals surface area (Å²) in [6.45, 7) is 6.67. The van der Waals surface area contributed by atoms with Gasteiger partial charge in [-0.05, 0) is 44.2 Å². The highest BCUT2D eigenvalue weighted by atomic mass is 16.5. The molecule has 0 radical (unpaired) electrons. The van der Waals surface area contributed by atoms with Crippen molar-refractivity contribution in [1.82, 2.24) is 5.32 Å². The van der Waals surface area contributed by atoms with Crippen molar-refractivity contribution in [2.24, 2.45) is 5.92 Å². The summed E-state index contributed by atoms with van der Waals surface area (Å²) in [5, 5.41) is 3.45. The fourth-order valence-corrected chi connectivity index (χ4v) is 1.63. The van der Waals surface area contributed by atoms with Gasteiger partial charge < -0.3 is 10.1 Å². The van der Waals surface area contributed by atoms with Gasteiger partial charge in [0.2, 0.25) is 0 Å². The van der Waals surface area contributed by atoms with Gasteiger partial charge in [-0.25, -0.2) is 0 Å². The fourth-order valence-electron chi connectivity index (χ4n) is 1.63. The largest absolute Gasteiger partial charge is 0.497 e. The van der Waals surface area contributed by atoms with Gasteiger partial charge in [0.15, 0.2) is 0 Å². The number of hydrogen-bond donors (Lipinski definition) is 1. The van der Waals surface area contributed by atoms with Gasteiger partial charge in [0.05, 0.1) is 6.26 Å². The molecule has 2 nitrogen and oxygen atoms in total. The summed E-state index contributed by atoms with van der Waals surface area (Å²) in [5.41, 5.74) is 0. The van der Waals surface area contributed by atoms with E-state index >= 15 is 0 Å². The lowest BCUT2D eigenvalue weighted by atomic mass is 10.1. The standard InChI is InChI=1S/C12H23NO/c1-11(2)6-5-8-13-10-12-7-3-4-9-14-12/h4,9,11-13H,3,5-8,10H2,1-2H3. The van der Waals surface area contributed by atoms with E-state index in [1.165, 1.54) is 19.3 Å². The van der Waals surface area contributed by atoms with Crippen molar-refractivity contribution < 1.29 is 4.74 Å². The van der Waals surface area contributed by atoms with Gasteiger partial charge >= 0.3 is 0 Å². The van der Waals surface area contributed by atoms with Gasteiger partial charge in [0, 0.05) is 6.54 Å². The van der Waals surface area contributed by atoms with Crippen LogP contribution in [0, 0.1) is 5.92 Å². The molecule has 0 aromatic carbocycles. The van der Waals surface area contributed by atoms with Crippen molar-refractivity contribution >= 4 is 0 Å². The highest BCUT2D eigenvalue weighted by Crippen LogP contribution is 2.09. The van der Waals surface area contributed by atoms with Crippen molar-refractivity contribution in [3.63, 3.8) is 0 Å². The summed E-state index contributed by atoms with van der Waals surface area (Å²) in [5.74, 6) is 0.825. The maximum Gasteiger partial charge on any atom is 0.110 e. The Balaban J connectivity index is 1.90. The van der Waals surface area contributed by atoms with Crippen LogP contribution in [0.5, 0.6) is 0 Å². The minimum absolute atomic E-state index is 0.402. The molecule has 0 aliphatic carbocycles. The Bertz CT molecular complexity index is 166. The van der Waals surface area contributed by atoms with E-state index in [4.69, 9.17) is 4.74 Å². The van der Waals surface area contributed by atoms with Crippen LogP contribution in [-0.4, -0.2) is 19.2 Å². The highest BCUT2D eigenvalue weighted by molar-refractivity contribution is 4.82. The molecule has 0 bridgehead atoms. The molecule has 1 rings (SSSR count).